The molecule has 0 amide bonds. The maximum atomic E-state index is 10.5. The fraction of sp³-hybridized carbons (Fsp3) is 0. The summed E-state index contributed by atoms with van der Waals surface area (Å²) < 4.78 is 30.8. The Kier molecular flexibility index (Phi) is 2.82. The van der Waals surface area contributed by atoms with Crippen molar-refractivity contribution in [3.63, 3.8) is 0 Å². The van der Waals surface area contributed by atoms with Crippen molar-refractivity contribution in [2.75, 3.05) is 4.72 Å². The molecule has 82 valence electrons. The number of benzene rings is 1. The van der Waals surface area contributed by atoms with Gasteiger partial charge in [-0.05, 0) is 12.1 Å². The second kappa shape index (κ2) is 3.75. The minimum Gasteiger partial charge on any atom is -0.507 e. The Balaban J connectivity index is 3.07. The minimum absolute atomic E-state index is 0.139. The first-order chi connectivity index (χ1) is 6.79. The zero-order valence-electron chi connectivity index (χ0n) is 7.21. The Bertz CT molecular complexity index is 494. The van der Waals surface area contributed by atoms with E-state index >= 15 is 0 Å². The van der Waals surface area contributed by atoms with E-state index < -0.39 is 22.0 Å². The third kappa shape index (κ3) is 3.11. The molecule has 0 spiro atoms. The van der Waals surface area contributed by atoms with Crippen molar-refractivity contribution in [1.29, 1.82) is 0 Å². The lowest BCUT2D eigenvalue weighted by Crippen LogP contribution is -2.10. The van der Waals surface area contributed by atoms with E-state index in [1.807, 2.05) is 0 Å². The highest BCUT2D eigenvalue weighted by Crippen LogP contribution is 2.22. The SMILES string of the molecule is O=C(O)c1ccc(NS(=O)(=O)O)cc1O. The Labute approximate surface area is 84.9 Å². The van der Waals surface area contributed by atoms with Gasteiger partial charge in [0.1, 0.15) is 11.3 Å². The number of anilines is 1. The average molecular weight is 233 g/mol. The van der Waals surface area contributed by atoms with E-state index in [0.717, 1.165) is 18.2 Å². The van der Waals surface area contributed by atoms with Crippen LogP contribution in [0, 0.1) is 0 Å². The number of nitrogens with one attached hydrogen (secondary N) is 1. The van der Waals surface area contributed by atoms with Crippen LogP contribution in [-0.4, -0.2) is 29.2 Å². The van der Waals surface area contributed by atoms with Crippen molar-refractivity contribution in [2.24, 2.45) is 0 Å². The Morgan fingerprint density at radius 2 is 1.93 bits per heavy atom. The lowest BCUT2D eigenvalue weighted by atomic mass is 10.2. The maximum Gasteiger partial charge on any atom is 0.357 e. The molecule has 7 nitrogen and oxygen atoms in total. The summed E-state index contributed by atoms with van der Waals surface area (Å²) >= 11 is 0. The van der Waals surface area contributed by atoms with E-state index in [4.69, 9.17) is 14.8 Å². The summed E-state index contributed by atoms with van der Waals surface area (Å²) in [5.41, 5.74) is -0.504. The molecule has 0 aliphatic rings. The first-order valence-electron chi connectivity index (χ1n) is 3.61. The lowest BCUT2D eigenvalue weighted by Gasteiger charge is -2.04. The molecule has 0 aliphatic heterocycles. The van der Waals surface area contributed by atoms with Crippen LogP contribution in [0.4, 0.5) is 5.69 Å². The van der Waals surface area contributed by atoms with E-state index in [2.05, 4.69) is 0 Å². The Morgan fingerprint density at radius 1 is 1.33 bits per heavy atom. The molecular formula is C7H7NO6S. The summed E-state index contributed by atoms with van der Waals surface area (Å²) in [5, 5.41) is 17.7. The van der Waals surface area contributed by atoms with Crippen molar-refractivity contribution in [3.8, 4) is 5.75 Å². The first-order valence-corrected chi connectivity index (χ1v) is 5.05. The standard InChI is InChI=1S/C7H7NO6S/c9-6-3-4(8-15(12,13)14)1-2-5(6)7(10)11/h1-3,8-9H,(H,10,11)(H,12,13,14). The van der Waals surface area contributed by atoms with Gasteiger partial charge in [-0.2, -0.15) is 8.42 Å². The van der Waals surface area contributed by atoms with Gasteiger partial charge >= 0.3 is 16.3 Å². The smallest absolute Gasteiger partial charge is 0.357 e. The van der Waals surface area contributed by atoms with Gasteiger partial charge in [0, 0.05) is 6.07 Å². The van der Waals surface area contributed by atoms with Gasteiger partial charge in [0.05, 0.1) is 5.69 Å². The van der Waals surface area contributed by atoms with Gasteiger partial charge < -0.3 is 10.2 Å². The van der Waals surface area contributed by atoms with Crippen molar-refractivity contribution in [1.82, 2.24) is 0 Å². The average Bonchev–Trinajstić information content (AvgIpc) is 1.99. The van der Waals surface area contributed by atoms with Gasteiger partial charge in [0.15, 0.2) is 0 Å². The predicted molar refractivity (Wildman–Crippen MR) is 50.2 cm³/mol. The van der Waals surface area contributed by atoms with E-state index in [0.29, 0.717) is 0 Å². The molecule has 0 atom stereocenters. The summed E-state index contributed by atoms with van der Waals surface area (Å²) in [6.07, 6.45) is 0. The molecule has 1 aromatic rings. The number of carboxylic acids is 1. The van der Waals surface area contributed by atoms with Gasteiger partial charge in [0.2, 0.25) is 0 Å². The van der Waals surface area contributed by atoms with Crippen LogP contribution in [0.1, 0.15) is 10.4 Å². The quantitative estimate of drug-likeness (QED) is 0.557. The van der Waals surface area contributed by atoms with Crippen molar-refractivity contribution in [2.45, 2.75) is 0 Å². The highest BCUT2D eigenvalue weighted by atomic mass is 32.2. The number of phenols is 1. The molecule has 0 heterocycles. The molecule has 0 radical (unpaired) electrons. The number of hydrogen-bond acceptors (Lipinski definition) is 4. The van der Waals surface area contributed by atoms with Crippen molar-refractivity contribution >= 4 is 22.0 Å². The normalized spacial score (nSPS) is 11.0. The molecule has 0 aromatic heterocycles. The third-order valence-corrected chi connectivity index (χ3v) is 1.97. The van der Waals surface area contributed by atoms with Crippen LogP contribution in [0.5, 0.6) is 5.75 Å². The minimum atomic E-state index is -4.44. The third-order valence-electron chi connectivity index (χ3n) is 1.47. The number of aromatic hydroxyl groups is 1. The predicted octanol–water partition coefficient (Wildman–Crippen LogP) is 0.305. The highest BCUT2D eigenvalue weighted by molar-refractivity contribution is 7.87. The molecule has 0 saturated heterocycles. The van der Waals surface area contributed by atoms with Gasteiger partial charge in [-0.3, -0.25) is 9.27 Å². The number of carbonyl (C=O) groups is 1. The van der Waals surface area contributed by atoms with E-state index in [1.54, 1.807) is 4.72 Å². The monoisotopic (exact) mass is 233 g/mol. The number of hydrogen-bond donors (Lipinski definition) is 4. The maximum absolute atomic E-state index is 10.5. The van der Waals surface area contributed by atoms with Crippen LogP contribution in [-0.2, 0) is 10.3 Å². The summed E-state index contributed by atoms with van der Waals surface area (Å²) in [5.74, 6) is -1.94. The molecule has 4 N–H and O–H groups in total. The molecule has 0 aliphatic carbocycles. The van der Waals surface area contributed by atoms with E-state index in [-0.39, 0.29) is 11.3 Å². The van der Waals surface area contributed by atoms with Gasteiger partial charge in [-0.15, -0.1) is 0 Å². The molecule has 0 bridgehead atoms. The molecule has 0 saturated carbocycles. The zero-order valence-corrected chi connectivity index (χ0v) is 8.02. The number of carboxylic acid groups (broad SMARTS) is 1. The number of aromatic carboxylic acids is 1. The van der Waals surface area contributed by atoms with E-state index in [1.165, 1.54) is 0 Å². The van der Waals surface area contributed by atoms with Crippen LogP contribution in [0.15, 0.2) is 18.2 Å². The van der Waals surface area contributed by atoms with E-state index in [9.17, 15) is 13.2 Å². The van der Waals surface area contributed by atoms with Crippen LogP contribution in [0.25, 0.3) is 0 Å². The topological polar surface area (TPSA) is 124 Å². The largest absolute Gasteiger partial charge is 0.507 e. The van der Waals surface area contributed by atoms with Crippen LogP contribution in [0.3, 0.4) is 0 Å². The fourth-order valence-corrected chi connectivity index (χ4v) is 1.35. The molecule has 1 aromatic carbocycles. The second-order valence-corrected chi connectivity index (χ2v) is 3.77. The van der Waals surface area contributed by atoms with Gasteiger partial charge in [0.25, 0.3) is 0 Å². The Morgan fingerprint density at radius 3 is 2.33 bits per heavy atom. The summed E-state index contributed by atoms with van der Waals surface area (Å²) in [6.45, 7) is 0. The number of rotatable bonds is 3. The fourth-order valence-electron chi connectivity index (χ4n) is 0.925. The van der Waals surface area contributed by atoms with Gasteiger partial charge in [-0.25, -0.2) is 4.79 Å². The zero-order chi connectivity index (χ0) is 11.6. The Hall–Kier alpha value is -1.80. The van der Waals surface area contributed by atoms with Crippen molar-refractivity contribution < 1.29 is 28.0 Å². The van der Waals surface area contributed by atoms with Crippen molar-refractivity contribution in [3.05, 3.63) is 23.8 Å². The molecule has 8 heteroatoms. The second-order valence-electron chi connectivity index (χ2n) is 2.61. The summed E-state index contributed by atoms with van der Waals surface area (Å²) in [7, 11) is -4.44. The molecule has 1 rings (SSSR count). The molecule has 15 heavy (non-hydrogen) atoms. The highest BCUT2D eigenvalue weighted by Gasteiger charge is 2.11. The molecular weight excluding hydrogens is 226 g/mol. The lowest BCUT2D eigenvalue weighted by molar-refractivity contribution is 0.0694. The summed E-state index contributed by atoms with van der Waals surface area (Å²) in [6, 6.07) is 2.97. The van der Waals surface area contributed by atoms with Crippen LogP contribution < -0.4 is 4.72 Å². The molecule has 0 unspecified atom stereocenters. The molecule has 0 fully saturated rings. The summed E-state index contributed by atoms with van der Waals surface area (Å²) in [4.78, 5) is 10.5. The van der Waals surface area contributed by atoms with Gasteiger partial charge in [-0.1, -0.05) is 0 Å². The first kappa shape index (κ1) is 11.3. The van der Waals surface area contributed by atoms with Crippen LogP contribution >= 0.6 is 0 Å². The van der Waals surface area contributed by atoms with Crippen LogP contribution in [0.2, 0.25) is 0 Å².